The van der Waals surface area contributed by atoms with Crippen molar-refractivity contribution >= 4 is 58.5 Å². The molecule has 446 valence electrons. The van der Waals surface area contributed by atoms with Crippen LogP contribution in [0.1, 0.15) is 162 Å². The first-order chi connectivity index (χ1) is 37.1. The third-order valence-electron chi connectivity index (χ3n) is 18.2. The molecular weight excluding hydrogens is 1060 g/mol. The van der Waals surface area contributed by atoms with Gasteiger partial charge in [0.1, 0.15) is 11.7 Å². The van der Waals surface area contributed by atoms with E-state index in [9.17, 15) is 19.2 Å². The molecule has 6 rings (SSSR count). The number of rotatable bonds is 20. The van der Waals surface area contributed by atoms with Crippen LogP contribution in [0.5, 0.6) is 0 Å². The predicted octanol–water partition coefficient (Wildman–Crippen LogP) is 11.2. The number of carbonyl (C=O) groups excluding carboxylic acids is 7. The summed E-state index contributed by atoms with van der Waals surface area (Å²) in [4.78, 5) is 105. The first-order valence-corrected chi connectivity index (χ1v) is 33.4. The Balaban J connectivity index is 1.75. The average Bonchev–Trinajstić information content (AvgIpc) is 3.73. The zero-order valence-electron chi connectivity index (χ0n) is 51.1. The monoisotopic (exact) mass is 1150 g/mol. The zero-order chi connectivity index (χ0) is 60.0. The van der Waals surface area contributed by atoms with Crippen molar-refractivity contribution in [2.45, 2.75) is 252 Å². The van der Waals surface area contributed by atoms with Crippen LogP contribution in [0.4, 0.5) is 9.59 Å². The number of esters is 4. The minimum absolute atomic E-state index is 0.0441. The van der Waals surface area contributed by atoms with Crippen molar-refractivity contribution in [2.24, 2.45) is 16.7 Å². The van der Waals surface area contributed by atoms with Crippen molar-refractivity contribution in [2.75, 3.05) is 6.61 Å². The number of ketones is 1. The van der Waals surface area contributed by atoms with Crippen LogP contribution >= 0.6 is 0 Å². The van der Waals surface area contributed by atoms with E-state index in [0.29, 0.717) is 23.7 Å². The Morgan fingerprint density at radius 1 is 0.850 bits per heavy atom. The van der Waals surface area contributed by atoms with Gasteiger partial charge in [0.05, 0.1) is 35.6 Å². The molecule has 2 bridgehead atoms. The second-order valence-corrected chi connectivity index (χ2v) is 35.6. The van der Waals surface area contributed by atoms with Gasteiger partial charge in [0.2, 0.25) is 13.9 Å². The van der Waals surface area contributed by atoms with Gasteiger partial charge in [0.15, 0.2) is 50.2 Å². The number of benzene rings is 1. The van der Waals surface area contributed by atoms with Crippen LogP contribution in [0.3, 0.4) is 0 Å². The van der Waals surface area contributed by atoms with Gasteiger partial charge in [-0.05, 0) is 107 Å². The molecule has 2 heterocycles. The SMILES string of the molecule is CCC(=O)O[C@H]1C(=O)[C@@]2(C)C([C@H](OC(=O)c3ccccc3)[C@]34OC(=O)O[C@H]3[C@H](OC(=O)[C@H](O[Si](C(C)C)(C(C)C)C(C)C)[C@H](C=C(C)C)NC(=O)OC(C)(C)C)C(C)=C1C4(C)C)[C@]1(OC(C)=O)CO[C@@H]1C[C@@H]2O[Si](CC)(CC)CC. The molecule has 12 atom stereocenters. The number of nitrogens with one attached hydrogen (secondary N) is 1. The van der Waals surface area contributed by atoms with Gasteiger partial charge in [-0.25, -0.2) is 19.2 Å². The third-order valence-corrected chi connectivity index (χ3v) is 29.0. The number of hydrogen-bond donors (Lipinski definition) is 1. The maximum Gasteiger partial charge on any atom is 0.509 e. The summed E-state index contributed by atoms with van der Waals surface area (Å²) in [6.07, 6.45) is -11.1. The molecule has 4 fully saturated rings. The van der Waals surface area contributed by atoms with E-state index in [0.717, 1.165) is 0 Å². The van der Waals surface area contributed by atoms with Gasteiger partial charge in [-0.2, -0.15) is 0 Å². The Kier molecular flexibility index (Phi) is 19.1. The van der Waals surface area contributed by atoms with Crippen molar-refractivity contribution in [1.29, 1.82) is 0 Å². The zero-order valence-corrected chi connectivity index (χ0v) is 53.1. The van der Waals surface area contributed by atoms with E-state index in [1.807, 2.05) is 76.2 Å². The summed E-state index contributed by atoms with van der Waals surface area (Å²) >= 11 is 0. The lowest BCUT2D eigenvalue weighted by molar-refractivity contribution is -0.344. The fourth-order valence-electron chi connectivity index (χ4n) is 14.4. The summed E-state index contributed by atoms with van der Waals surface area (Å²) in [6, 6.07) is 8.90. The topological polar surface area (TPSA) is 224 Å². The predicted molar refractivity (Wildman–Crippen MR) is 302 cm³/mol. The molecule has 1 spiro atoms. The molecule has 2 saturated heterocycles. The first kappa shape index (κ1) is 64.3. The Morgan fingerprint density at radius 3 is 1.93 bits per heavy atom. The highest BCUT2D eigenvalue weighted by Crippen LogP contribution is 2.67. The van der Waals surface area contributed by atoms with E-state index in [4.69, 9.17) is 46.7 Å². The van der Waals surface area contributed by atoms with Gasteiger partial charge in [0.25, 0.3) is 0 Å². The van der Waals surface area contributed by atoms with Gasteiger partial charge >= 0.3 is 36.1 Å². The highest BCUT2D eigenvalue weighted by atomic mass is 28.4. The number of fused-ring (bicyclic) bond motifs is 4. The smallest absolute Gasteiger partial charge is 0.454 e. The van der Waals surface area contributed by atoms with Crippen LogP contribution in [0, 0.1) is 16.7 Å². The van der Waals surface area contributed by atoms with E-state index < -0.39 is 141 Å². The number of ether oxygens (including phenoxy) is 8. The first-order valence-electron chi connectivity index (χ1n) is 28.8. The van der Waals surface area contributed by atoms with E-state index in [1.54, 1.807) is 91.8 Å². The third kappa shape index (κ3) is 11.2. The summed E-state index contributed by atoms with van der Waals surface area (Å²) in [6.45, 7) is 36.4. The second kappa shape index (κ2) is 23.8. The van der Waals surface area contributed by atoms with Crippen LogP contribution in [0.15, 0.2) is 53.1 Å². The number of carbonyl (C=O) groups is 7. The number of hydrogen-bond acceptors (Lipinski definition) is 17. The van der Waals surface area contributed by atoms with Crippen LogP contribution in [0.25, 0.3) is 0 Å². The lowest BCUT2D eigenvalue weighted by Crippen LogP contribution is -2.83. The van der Waals surface area contributed by atoms with E-state index in [-0.39, 0.29) is 52.8 Å². The molecule has 2 aliphatic heterocycles. The molecule has 2 saturated carbocycles. The van der Waals surface area contributed by atoms with Crippen LogP contribution < -0.4 is 5.32 Å². The fraction of sp³-hybridized carbons (Fsp3) is 0.717. The lowest BCUT2D eigenvalue weighted by atomic mass is 9.44. The van der Waals surface area contributed by atoms with E-state index in [1.165, 1.54) is 6.92 Å². The molecule has 1 aromatic carbocycles. The van der Waals surface area contributed by atoms with Crippen LogP contribution in [0.2, 0.25) is 34.8 Å². The maximum absolute atomic E-state index is 16.9. The van der Waals surface area contributed by atoms with Crippen molar-refractivity contribution in [1.82, 2.24) is 5.32 Å². The molecule has 1 amide bonds. The van der Waals surface area contributed by atoms with Gasteiger partial charge in [-0.15, -0.1) is 0 Å². The lowest BCUT2D eigenvalue weighted by Gasteiger charge is -2.68. The van der Waals surface area contributed by atoms with E-state index >= 15 is 14.4 Å². The fourth-order valence-corrected chi connectivity index (χ4v) is 22.8. The Hall–Kier alpha value is -4.90. The molecule has 1 N–H and O–H groups in total. The molecule has 0 aromatic heterocycles. The largest absolute Gasteiger partial charge is 0.509 e. The van der Waals surface area contributed by atoms with Crippen LogP contribution in [-0.2, 0) is 65.9 Å². The average molecular weight is 1150 g/mol. The summed E-state index contributed by atoms with van der Waals surface area (Å²) < 4.78 is 66.9. The highest BCUT2D eigenvalue weighted by Gasteiger charge is 2.84. The normalized spacial score (nSPS) is 29.7. The Morgan fingerprint density at radius 2 is 1.44 bits per heavy atom. The summed E-state index contributed by atoms with van der Waals surface area (Å²) in [5, 5.41) is 2.90. The molecule has 5 aliphatic rings. The van der Waals surface area contributed by atoms with Crippen molar-refractivity contribution in [3.05, 3.63) is 58.7 Å². The van der Waals surface area contributed by atoms with Crippen molar-refractivity contribution < 1.29 is 80.3 Å². The number of Topliss-reactive ketones (excluding diaryl/α,β-unsaturated/α-hetero) is 1. The molecule has 80 heavy (non-hydrogen) atoms. The molecule has 1 aromatic rings. The molecule has 1 unspecified atom stereocenters. The minimum Gasteiger partial charge on any atom is -0.454 e. The molecule has 0 radical (unpaired) electrons. The van der Waals surface area contributed by atoms with Crippen molar-refractivity contribution in [3.8, 4) is 0 Å². The van der Waals surface area contributed by atoms with E-state index in [2.05, 4.69) is 5.32 Å². The van der Waals surface area contributed by atoms with Gasteiger partial charge in [-0.3, -0.25) is 14.4 Å². The van der Waals surface area contributed by atoms with Gasteiger partial charge in [-0.1, -0.05) is 113 Å². The minimum atomic E-state index is -3.11. The van der Waals surface area contributed by atoms with Gasteiger partial charge in [0, 0.05) is 25.2 Å². The molecular formula is C60H91NO17Si2. The standard InChI is InChI=1S/C60H91NO17Si2/c1-21-43(63)70-47-44-37(13)45(71-53(66)46(78-80(34(7)8,35(9)10)36(11)12)40(30-33(5)6)61-54(67)75-56(15,16)17)50-60(57(44,18)19,76-55(68)73-50)51(72-52(65)39-28-26-25-27-29-39)48-58(20,49(47)64)41(77-79(22-2,23-3)24-4)31-42-59(48,32-69-42)74-38(14)62/h25-30,34-36,40-42,45-48,50-51H,21-24,31-32H2,1-20H3,(H,61,67)/t40-,41-,42+,45+,46+,47+,48?,50-,51-,58+,59-,60+/m0/s1. The number of alkyl carbamates (subject to hydrolysis) is 1. The Labute approximate surface area is 476 Å². The van der Waals surface area contributed by atoms with Crippen LogP contribution in [-0.4, -0.2) is 131 Å². The summed E-state index contributed by atoms with van der Waals surface area (Å²) in [5.41, 5.74) is -7.83. The maximum atomic E-state index is 16.9. The Bertz CT molecular complexity index is 2550. The summed E-state index contributed by atoms with van der Waals surface area (Å²) in [5.74, 6) is -5.56. The second-order valence-electron chi connectivity index (χ2n) is 25.5. The highest BCUT2D eigenvalue weighted by molar-refractivity contribution is 6.77. The number of allylic oxidation sites excluding steroid dienone is 1. The summed E-state index contributed by atoms with van der Waals surface area (Å²) in [7, 11) is -5.83. The quantitative estimate of drug-likeness (QED) is 0.0554. The van der Waals surface area contributed by atoms with Crippen molar-refractivity contribution in [3.63, 3.8) is 0 Å². The molecule has 18 nitrogen and oxygen atoms in total. The number of amides is 1. The molecule has 3 aliphatic carbocycles. The van der Waals surface area contributed by atoms with Gasteiger partial charge < -0.3 is 52.1 Å². The molecule has 20 heteroatoms.